The van der Waals surface area contributed by atoms with Crippen LogP contribution in [0.4, 0.5) is 0 Å². The first-order chi connectivity index (χ1) is 9.29. The van der Waals surface area contributed by atoms with E-state index >= 15 is 0 Å². The Labute approximate surface area is 140 Å². The van der Waals surface area contributed by atoms with Crippen LogP contribution >= 0.6 is 28.3 Å². The highest BCUT2D eigenvalue weighted by Gasteiger charge is 2.28. The molecule has 0 fully saturated rings. The maximum Gasteiger partial charge on any atom is 0.244 e. The zero-order valence-electron chi connectivity index (χ0n) is 12.3. The third-order valence-corrected chi connectivity index (χ3v) is 5.99. The zero-order chi connectivity index (χ0) is 15.5. The molecule has 0 saturated carbocycles. The summed E-state index contributed by atoms with van der Waals surface area (Å²) in [6, 6.07) is 2.69. The first-order valence-corrected chi connectivity index (χ1v) is 8.12. The number of hydrogen-bond donors (Lipinski definition) is 1. The van der Waals surface area contributed by atoms with Crippen LogP contribution in [0, 0.1) is 0 Å². The van der Waals surface area contributed by atoms with Crippen LogP contribution in [-0.2, 0) is 10.0 Å². The minimum Gasteiger partial charge on any atom is -0.493 e. The summed E-state index contributed by atoms with van der Waals surface area (Å²) in [7, 11) is 0.768. The van der Waals surface area contributed by atoms with Gasteiger partial charge in [-0.2, -0.15) is 4.31 Å². The fourth-order valence-electron chi connectivity index (χ4n) is 1.57. The molecule has 0 aliphatic carbocycles. The summed E-state index contributed by atoms with van der Waals surface area (Å²) in [5, 5.41) is 0. The van der Waals surface area contributed by atoms with Crippen LogP contribution in [0.5, 0.6) is 11.5 Å². The highest BCUT2D eigenvalue weighted by atomic mass is 79.9. The topological polar surface area (TPSA) is 81.9 Å². The minimum absolute atomic E-state index is 0. The Bertz CT molecular complexity index is 583. The molecule has 0 bridgehead atoms. The van der Waals surface area contributed by atoms with E-state index in [1.807, 2.05) is 0 Å². The summed E-state index contributed by atoms with van der Waals surface area (Å²) in [4.78, 5) is 0.109. The van der Waals surface area contributed by atoms with Gasteiger partial charge in [-0.3, -0.25) is 0 Å². The van der Waals surface area contributed by atoms with Crippen LogP contribution in [0.25, 0.3) is 0 Å². The normalized spacial score (nSPS) is 12.7. The molecule has 0 aliphatic rings. The first kappa shape index (κ1) is 20.5. The standard InChI is InChI=1S/C12H19BrN2O4S.ClH/c1-8(7-14)15(2)20(16,17)12-6-11(19-4)10(18-3)5-9(12)13;/h5-6,8H,7,14H2,1-4H3;1H. The molecule has 9 heteroatoms. The lowest BCUT2D eigenvalue weighted by molar-refractivity contribution is 0.352. The molecule has 1 unspecified atom stereocenters. The molecule has 1 aromatic rings. The third kappa shape index (κ3) is 4.23. The average Bonchev–Trinajstić information content (AvgIpc) is 2.44. The number of hydrogen-bond acceptors (Lipinski definition) is 5. The molecule has 122 valence electrons. The second-order valence-electron chi connectivity index (χ2n) is 4.24. The van der Waals surface area contributed by atoms with Crippen molar-refractivity contribution in [3.8, 4) is 11.5 Å². The summed E-state index contributed by atoms with van der Waals surface area (Å²) < 4.78 is 37.0. The van der Waals surface area contributed by atoms with E-state index in [0.717, 1.165) is 0 Å². The van der Waals surface area contributed by atoms with Crippen LogP contribution in [0.2, 0.25) is 0 Å². The van der Waals surface area contributed by atoms with E-state index < -0.39 is 10.0 Å². The lowest BCUT2D eigenvalue weighted by Crippen LogP contribution is -2.39. The van der Waals surface area contributed by atoms with Crippen LogP contribution in [-0.4, -0.2) is 46.6 Å². The predicted molar refractivity (Wildman–Crippen MR) is 88.0 cm³/mol. The summed E-state index contributed by atoms with van der Waals surface area (Å²) in [5.41, 5.74) is 5.52. The van der Waals surface area contributed by atoms with Crippen molar-refractivity contribution in [2.45, 2.75) is 17.9 Å². The van der Waals surface area contributed by atoms with Gasteiger partial charge in [0.2, 0.25) is 10.0 Å². The Kier molecular flexibility index (Phi) is 7.98. The number of sulfonamides is 1. The van der Waals surface area contributed by atoms with Gasteiger partial charge in [-0.1, -0.05) is 0 Å². The van der Waals surface area contributed by atoms with Gasteiger partial charge in [-0.15, -0.1) is 12.4 Å². The molecule has 0 heterocycles. The lowest BCUT2D eigenvalue weighted by atomic mass is 10.3. The molecule has 0 aromatic heterocycles. The fourth-order valence-corrected chi connectivity index (χ4v) is 3.94. The van der Waals surface area contributed by atoms with Crippen LogP contribution in [0.1, 0.15) is 6.92 Å². The SMILES string of the molecule is COc1cc(Br)c(S(=O)(=O)N(C)C(C)CN)cc1OC.Cl. The largest absolute Gasteiger partial charge is 0.493 e. The number of rotatable bonds is 6. The van der Waals surface area contributed by atoms with Crippen molar-refractivity contribution in [1.29, 1.82) is 0 Å². The number of methoxy groups -OCH3 is 2. The van der Waals surface area contributed by atoms with Crippen molar-refractivity contribution < 1.29 is 17.9 Å². The molecule has 0 spiro atoms. The monoisotopic (exact) mass is 402 g/mol. The quantitative estimate of drug-likeness (QED) is 0.784. The number of nitrogens with zero attached hydrogens (tertiary/aromatic N) is 1. The van der Waals surface area contributed by atoms with Gasteiger partial charge in [0, 0.05) is 30.2 Å². The van der Waals surface area contributed by atoms with E-state index in [2.05, 4.69) is 15.9 Å². The van der Waals surface area contributed by atoms with Crippen LogP contribution in [0.15, 0.2) is 21.5 Å². The van der Waals surface area contributed by atoms with Gasteiger partial charge in [0.05, 0.1) is 14.2 Å². The van der Waals surface area contributed by atoms with Gasteiger partial charge >= 0.3 is 0 Å². The molecule has 6 nitrogen and oxygen atoms in total. The van der Waals surface area contributed by atoms with Gasteiger partial charge in [0.25, 0.3) is 0 Å². The van der Waals surface area contributed by atoms with Crippen molar-refractivity contribution in [3.63, 3.8) is 0 Å². The van der Waals surface area contributed by atoms with Crippen molar-refractivity contribution in [1.82, 2.24) is 4.31 Å². The molecule has 2 N–H and O–H groups in total. The van der Waals surface area contributed by atoms with E-state index in [1.165, 1.54) is 31.6 Å². The Balaban J connectivity index is 0.00000400. The average molecular weight is 404 g/mol. The van der Waals surface area contributed by atoms with Crippen LogP contribution in [0.3, 0.4) is 0 Å². The molecular formula is C12H20BrClN2O4S. The van der Waals surface area contributed by atoms with Crippen molar-refractivity contribution in [2.24, 2.45) is 5.73 Å². The fraction of sp³-hybridized carbons (Fsp3) is 0.500. The van der Waals surface area contributed by atoms with Gasteiger partial charge in [-0.05, 0) is 28.9 Å². The van der Waals surface area contributed by atoms with Crippen LogP contribution < -0.4 is 15.2 Å². The molecule has 0 aliphatic heterocycles. The van der Waals surface area contributed by atoms with E-state index in [0.29, 0.717) is 16.0 Å². The second-order valence-corrected chi connectivity index (χ2v) is 7.06. The highest BCUT2D eigenvalue weighted by molar-refractivity contribution is 9.10. The first-order valence-electron chi connectivity index (χ1n) is 5.89. The van der Waals surface area contributed by atoms with E-state index in [-0.39, 0.29) is 29.9 Å². The second kappa shape index (κ2) is 8.19. The Morgan fingerprint density at radius 1 is 1.29 bits per heavy atom. The van der Waals surface area contributed by atoms with Crippen molar-refractivity contribution >= 4 is 38.4 Å². The molecule has 1 rings (SSSR count). The van der Waals surface area contributed by atoms with Gasteiger partial charge in [0.1, 0.15) is 4.90 Å². The smallest absolute Gasteiger partial charge is 0.244 e. The van der Waals surface area contributed by atoms with Crippen molar-refractivity contribution in [3.05, 3.63) is 16.6 Å². The summed E-state index contributed by atoms with van der Waals surface area (Å²) in [5.74, 6) is 0.802. The maximum absolute atomic E-state index is 12.6. The number of halogens is 2. The van der Waals surface area contributed by atoms with E-state index in [1.54, 1.807) is 13.0 Å². The molecule has 0 saturated heterocycles. The third-order valence-electron chi connectivity index (χ3n) is 3.06. The molecule has 21 heavy (non-hydrogen) atoms. The number of benzene rings is 1. The Morgan fingerprint density at radius 3 is 2.19 bits per heavy atom. The van der Waals surface area contributed by atoms with E-state index in [9.17, 15) is 8.42 Å². The van der Waals surface area contributed by atoms with Crippen molar-refractivity contribution in [2.75, 3.05) is 27.8 Å². The van der Waals surface area contributed by atoms with Gasteiger partial charge in [0.15, 0.2) is 11.5 Å². The Morgan fingerprint density at radius 2 is 1.76 bits per heavy atom. The van der Waals surface area contributed by atoms with Gasteiger partial charge in [-0.25, -0.2) is 8.42 Å². The molecule has 0 radical (unpaired) electrons. The molecular weight excluding hydrogens is 384 g/mol. The maximum atomic E-state index is 12.6. The highest BCUT2D eigenvalue weighted by Crippen LogP contribution is 2.36. The summed E-state index contributed by atoms with van der Waals surface area (Å²) in [6.45, 7) is 1.98. The zero-order valence-corrected chi connectivity index (χ0v) is 15.5. The number of likely N-dealkylation sites (N-methyl/N-ethyl adjacent to an activating group) is 1. The number of ether oxygens (including phenoxy) is 2. The lowest BCUT2D eigenvalue weighted by Gasteiger charge is -2.24. The molecule has 0 amide bonds. The summed E-state index contributed by atoms with van der Waals surface area (Å²) in [6.07, 6.45) is 0. The Hall–Kier alpha value is -0.540. The molecule has 1 atom stereocenters. The number of nitrogens with two attached hydrogens (primary N) is 1. The van der Waals surface area contributed by atoms with Gasteiger partial charge < -0.3 is 15.2 Å². The van der Waals surface area contributed by atoms with E-state index in [4.69, 9.17) is 15.2 Å². The summed E-state index contributed by atoms with van der Waals surface area (Å²) >= 11 is 3.25. The predicted octanol–water partition coefficient (Wildman–Crippen LogP) is 1.86. The minimum atomic E-state index is -3.67. The molecule has 1 aromatic carbocycles.